The van der Waals surface area contributed by atoms with E-state index < -0.39 is 5.97 Å². The second kappa shape index (κ2) is 3.98. The Hall–Kier alpha value is -2.81. The summed E-state index contributed by atoms with van der Waals surface area (Å²) >= 11 is 0. The van der Waals surface area contributed by atoms with E-state index in [1.807, 2.05) is 6.07 Å². The van der Waals surface area contributed by atoms with Crippen molar-refractivity contribution in [3.63, 3.8) is 0 Å². The first kappa shape index (κ1) is 10.7. The Morgan fingerprint density at radius 3 is 2.47 bits per heavy atom. The number of aromatic nitrogens is 2. The molecule has 0 saturated heterocycles. The van der Waals surface area contributed by atoms with Gasteiger partial charge in [-0.25, -0.2) is 9.48 Å². The summed E-state index contributed by atoms with van der Waals surface area (Å²) in [5.74, 6) is -1.03. The van der Waals surface area contributed by atoms with E-state index in [0.29, 0.717) is 5.69 Å². The van der Waals surface area contributed by atoms with Gasteiger partial charge in [0.15, 0.2) is 0 Å². The molecule has 1 aromatic heterocycles. The number of aromatic carboxylic acids is 1. The van der Waals surface area contributed by atoms with Crippen molar-refractivity contribution < 1.29 is 9.90 Å². The van der Waals surface area contributed by atoms with Crippen LogP contribution in [0.4, 0.5) is 0 Å². The van der Waals surface area contributed by atoms with Crippen molar-refractivity contribution in [3.05, 3.63) is 51.9 Å². The summed E-state index contributed by atoms with van der Waals surface area (Å²) in [6.07, 6.45) is 0. The molecule has 0 radical (unpaired) electrons. The molecule has 0 unspecified atom stereocenters. The zero-order valence-corrected chi connectivity index (χ0v) is 8.54. The van der Waals surface area contributed by atoms with Gasteiger partial charge in [-0.3, -0.25) is 9.89 Å². The van der Waals surface area contributed by atoms with E-state index in [1.165, 1.54) is 35.0 Å². The second-order valence-corrected chi connectivity index (χ2v) is 3.31. The number of nitrogens with one attached hydrogen (secondary N) is 1. The fraction of sp³-hybridized carbons (Fsp3) is 0. The van der Waals surface area contributed by atoms with Gasteiger partial charge in [0.25, 0.3) is 5.56 Å². The van der Waals surface area contributed by atoms with E-state index in [9.17, 15) is 9.59 Å². The maximum absolute atomic E-state index is 11.5. The molecule has 1 heterocycles. The number of carboxylic acids is 1. The average Bonchev–Trinajstić information content (AvgIpc) is 2.71. The van der Waals surface area contributed by atoms with E-state index in [1.54, 1.807) is 0 Å². The maximum Gasteiger partial charge on any atom is 0.335 e. The number of H-pyrrole nitrogens is 1. The lowest BCUT2D eigenvalue weighted by atomic mass is 10.2. The highest BCUT2D eigenvalue weighted by Gasteiger charge is 2.06. The van der Waals surface area contributed by atoms with Gasteiger partial charge >= 0.3 is 5.97 Å². The Morgan fingerprint density at radius 1 is 1.35 bits per heavy atom. The Labute approximate surface area is 95.3 Å². The van der Waals surface area contributed by atoms with Crippen LogP contribution in [0.5, 0.6) is 0 Å². The average molecular weight is 229 g/mol. The summed E-state index contributed by atoms with van der Waals surface area (Å²) in [7, 11) is 0. The number of nitrogens with zero attached hydrogens (tertiary/aromatic N) is 2. The topological polar surface area (TPSA) is 98.9 Å². The van der Waals surface area contributed by atoms with Crippen LogP contribution in [0.25, 0.3) is 5.69 Å². The number of rotatable bonds is 2. The van der Waals surface area contributed by atoms with E-state index in [4.69, 9.17) is 10.4 Å². The number of carboxylic acid groups (broad SMARTS) is 1. The number of hydrogen-bond donors (Lipinski definition) is 2. The van der Waals surface area contributed by atoms with Crippen LogP contribution in [0.2, 0.25) is 0 Å². The van der Waals surface area contributed by atoms with Crippen LogP contribution in [0.3, 0.4) is 0 Å². The van der Waals surface area contributed by atoms with Gasteiger partial charge in [-0.2, -0.15) is 5.26 Å². The predicted molar refractivity (Wildman–Crippen MR) is 58.1 cm³/mol. The van der Waals surface area contributed by atoms with Crippen LogP contribution in [-0.4, -0.2) is 20.9 Å². The Morgan fingerprint density at radius 2 is 2.00 bits per heavy atom. The summed E-state index contributed by atoms with van der Waals surface area (Å²) in [5.41, 5.74) is 0.386. The van der Waals surface area contributed by atoms with Crippen LogP contribution in [0.15, 0.2) is 35.1 Å². The highest BCUT2D eigenvalue weighted by atomic mass is 16.4. The van der Waals surface area contributed by atoms with Gasteiger partial charge in [0.2, 0.25) is 0 Å². The number of carbonyl (C=O) groups is 1. The number of aromatic amines is 1. The van der Waals surface area contributed by atoms with Gasteiger partial charge in [0.05, 0.1) is 11.3 Å². The highest BCUT2D eigenvalue weighted by Crippen LogP contribution is 2.07. The van der Waals surface area contributed by atoms with Crippen LogP contribution >= 0.6 is 0 Å². The Balaban J connectivity index is 2.47. The molecule has 2 aromatic rings. The first-order chi connectivity index (χ1) is 8.11. The molecule has 6 heteroatoms. The normalized spacial score (nSPS) is 9.82. The molecule has 0 fully saturated rings. The first-order valence-electron chi connectivity index (χ1n) is 4.67. The van der Waals surface area contributed by atoms with Crippen molar-refractivity contribution in [1.29, 1.82) is 5.26 Å². The van der Waals surface area contributed by atoms with Crippen molar-refractivity contribution >= 4 is 5.97 Å². The van der Waals surface area contributed by atoms with E-state index >= 15 is 0 Å². The van der Waals surface area contributed by atoms with Gasteiger partial charge in [-0.05, 0) is 24.3 Å². The number of hydrogen-bond acceptors (Lipinski definition) is 3. The van der Waals surface area contributed by atoms with Crippen LogP contribution in [-0.2, 0) is 0 Å². The molecule has 17 heavy (non-hydrogen) atoms. The minimum Gasteiger partial charge on any atom is -0.478 e. The van der Waals surface area contributed by atoms with E-state index in [-0.39, 0.29) is 16.8 Å². The SMILES string of the molecule is N#Cc1cc(=O)n(-c2ccc(C(=O)O)cc2)[nH]1. The third-order valence-corrected chi connectivity index (χ3v) is 2.21. The molecular weight excluding hydrogens is 222 g/mol. The molecule has 1 aromatic carbocycles. The standard InChI is InChI=1S/C11H7N3O3/c12-6-8-5-10(15)14(13-8)9-3-1-7(2-4-9)11(16)17/h1-5,13H,(H,16,17). The van der Waals surface area contributed by atoms with Gasteiger partial charge in [0, 0.05) is 6.07 Å². The lowest BCUT2D eigenvalue weighted by molar-refractivity contribution is 0.0697. The van der Waals surface area contributed by atoms with Crippen LogP contribution in [0.1, 0.15) is 16.1 Å². The molecule has 0 aliphatic heterocycles. The molecular formula is C11H7N3O3. The monoisotopic (exact) mass is 229 g/mol. The Bertz CT molecular complexity index is 659. The van der Waals surface area contributed by atoms with E-state index in [0.717, 1.165) is 0 Å². The summed E-state index contributed by atoms with van der Waals surface area (Å²) < 4.78 is 1.17. The fourth-order valence-corrected chi connectivity index (χ4v) is 1.40. The molecule has 2 N–H and O–H groups in total. The highest BCUT2D eigenvalue weighted by molar-refractivity contribution is 5.87. The summed E-state index contributed by atoms with van der Waals surface area (Å²) in [5, 5.41) is 19.9. The molecule has 84 valence electrons. The zero-order valence-electron chi connectivity index (χ0n) is 8.54. The lowest BCUT2D eigenvalue weighted by Gasteiger charge is -2.01. The second-order valence-electron chi connectivity index (χ2n) is 3.31. The van der Waals surface area contributed by atoms with Gasteiger partial charge in [-0.1, -0.05) is 0 Å². The van der Waals surface area contributed by atoms with Crippen molar-refractivity contribution in [2.75, 3.05) is 0 Å². The summed E-state index contributed by atoms with van der Waals surface area (Å²) in [6, 6.07) is 8.74. The first-order valence-corrected chi connectivity index (χ1v) is 4.67. The van der Waals surface area contributed by atoms with Crippen molar-refractivity contribution in [2.24, 2.45) is 0 Å². The molecule has 0 aliphatic carbocycles. The lowest BCUT2D eigenvalue weighted by Crippen LogP contribution is -2.13. The summed E-state index contributed by atoms with van der Waals surface area (Å²) in [4.78, 5) is 22.1. The predicted octanol–water partition coefficient (Wildman–Crippen LogP) is 0.735. The molecule has 0 spiro atoms. The fourth-order valence-electron chi connectivity index (χ4n) is 1.40. The smallest absolute Gasteiger partial charge is 0.335 e. The molecule has 0 aliphatic rings. The van der Waals surface area contributed by atoms with Crippen LogP contribution < -0.4 is 5.56 Å². The van der Waals surface area contributed by atoms with Gasteiger partial charge in [0.1, 0.15) is 11.8 Å². The zero-order chi connectivity index (χ0) is 12.4. The maximum atomic E-state index is 11.5. The minimum atomic E-state index is -1.03. The van der Waals surface area contributed by atoms with Crippen molar-refractivity contribution in [1.82, 2.24) is 9.78 Å². The number of nitriles is 1. The molecule has 0 amide bonds. The summed E-state index contributed by atoms with van der Waals surface area (Å²) in [6.45, 7) is 0. The molecule has 0 atom stereocenters. The molecule has 0 saturated carbocycles. The third-order valence-electron chi connectivity index (χ3n) is 2.21. The van der Waals surface area contributed by atoms with E-state index in [2.05, 4.69) is 5.10 Å². The molecule has 0 bridgehead atoms. The van der Waals surface area contributed by atoms with Crippen molar-refractivity contribution in [2.45, 2.75) is 0 Å². The Kier molecular flexibility index (Phi) is 2.51. The third kappa shape index (κ3) is 1.94. The van der Waals surface area contributed by atoms with Crippen LogP contribution in [0, 0.1) is 11.3 Å². The van der Waals surface area contributed by atoms with Gasteiger partial charge < -0.3 is 5.11 Å². The van der Waals surface area contributed by atoms with Crippen molar-refractivity contribution in [3.8, 4) is 11.8 Å². The van der Waals surface area contributed by atoms with Gasteiger partial charge in [-0.15, -0.1) is 0 Å². The minimum absolute atomic E-state index is 0.133. The molecule has 6 nitrogen and oxygen atoms in total. The number of benzene rings is 1. The molecule has 2 rings (SSSR count). The quantitative estimate of drug-likeness (QED) is 0.793. The largest absolute Gasteiger partial charge is 0.478 e.